The van der Waals surface area contributed by atoms with Gasteiger partial charge in [0.15, 0.2) is 17.5 Å². The number of nitrogens with zero attached hydrogens (tertiary/aromatic N) is 3. The number of hydrogen-bond acceptors (Lipinski definition) is 4. The Morgan fingerprint density at radius 3 is 1.41 bits per heavy atom. The first-order valence-electron chi connectivity index (χ1n) is 18.0. The van der Waals surface area contributed by atoms with Crippen LogP contribution in [0.15, 0.2) is 60.7 Å². The lowest BCUT2D eigenvalue weighted by Crippen LogP contribution is -2.04. The number of benzene rings is 3. The summed E-state index contributed by atoms with van der Waals surface area (Å²) < 4.78 is 5.41. The summed E-state index contributed by atoms with van der Waals surface area (Å²) >= 11 is 0. The molecule has 0 fully saturated rings. The summed E-state index contributed by atoms with van der Waals surface area (Å²) in [5.41, 5.74) is 8.28. The highest BCUT2D eigenvalue weighted by Gasteiger charge is 2.16. The molecule has 0 radical (unpaired) electrons. The van der Waals surface area contributed by atoms with Crippen LogP contribution in [0, 0.1) is 25.7 Å². The second-order valence-electron chi connectivity index (χ2n) is 13.2. The van der Waals surface area contributed by atoms with E-state index >= 15 is 0 Å². The van der Waals surface area contributed by atoms with Gasteiger partial charge in [0.2, 0.25) is 0 Å². The molecule has 4 heteroatoms. The van der Waals surface area contributed by atoms with E-state index in [4.69, 9.17) is 19.7 Å². The minimum absolute atomic E-state index is 0.679. The Kier molecular flexibility index (Phi) is 13.8. The van der Waals surface area contributed by atoms with E-state index in [9.17, 15) is 0 Å². The van der Waals surface area contributed by atoms with Crippen molar-refractivity contribution >= 4 is 0 Å². The summed E-state index contributed by atoms with van der Waals surface area (Å²) in [6, 6.07) is 21.6. The smallest absolute Gasteiger partial charge is 0.164 e. The van der Waals surface area contributed by atoms with Crippen LogP contribution in [0.1, 0.15) is 114 Å². The highest BCUT2D eigenvalue weighted by atomic mass is 16.5. The van der Waals surface area contributed by atoms with Crippen LogP contribution in [0.2, 0.25) is 0 Å². The van der Waals surface area contributed by atoms with Gasteiger partial charge in [0.05, 0.1) is 7.11 Å². The average molecular weight is 620 g/mol. The number of aryl methyl sites for hydroxylation is 4. The molecular weight excluding hydrogens is 562 g/mol. The second-order valence-corrected chi connectivity index (χ2v) is 13.2. The van der Waals surface area contributed by atoms with Gasteiger partial charge < -0.3 is 4.74 Å². The Morgan fingerprint density at radius 1 is 0.565 bits per heavy atom. The van der Waals surface area contributed by atoms with E-state index in [1.807, 2.05) is 24.3 Å². The van der Waals surface area contributed by atoms with E-state index in [-0.39, 0.29) is 0 Å². The fourth-order valence-electron chi connectivity index (χ4n) is 6.58. The first kappa shape index (κ1) is 35.3. The van der Waals surface area contributed by atoms with Crippen LogP contribution in [0.4, 0.5) is 0 Å². The van der Waals surface area contributed by atoms with Gasteiger partial charge in [-0.15, -0.1) is 0 Å². The minimum atomic E-state index is 0.679. The molecule has 0 aliphatic rings. The number of ether oxygens (including phenoxy) is 1. The summed E-state index contributed by atoms with van der Waals surface area (Å²) in [6.45, 7) is 13.6. The van der Waals surface area contributed by atoms with Crippen molar-refractivity contribution < 1.29 is 4.74 Å². The summed E-state index contributed by atoms with van der Waals surface area (Å²) in [5, 5.41) is 0. The Labute approximate surface area is 279 Å². The second kappa shape index (κ2) is 18.0. The van der Waals surface area contributed by atoms with Gasteiger partial charge in [-0.3, -0.25) is 0 Å². The highest BCUT2D eigenvalue weighted by Crippen LogP contribution is 2.31. The van der Waals surface area contributed by atoms with Crippen molar-refractivity contribution in [3.05, 3.63) is 82.9 Å². The number of methoxy groups -OCH3 is 1. The van der Waals surface area contributed by atoms with Gasteiger partial charge in [0.25, 0.3) is 0 Å². The van der Waals surface area contributed by atoms with Crippen molar-refractivity contribution in [2.45, 2.75) is 119 Å². The summed E-state index contributed by atoms with van der Waals surface area (Å²) in [6.07, 6.45) is 15.1. The standard InChI is InChI=1S/C42H57N3O/c1-8-12-14-32(10-3)16-18-34-20-26-38(30(5)28-34)41-43-40(36-22-24-37(46-7)25-23-36)44-42(45-41)39-27-21-35(29-31(39)6)19-17-33(11-4)15-13-9-2/h20-29,32-33H,8-19H2,1-7H3. The predicted molar refractivity (Wildman–Crippen MR) is 195 cm³/mol. The van der Waals surface area contributed by atoms with E-state index in [1.165, 1.54) is 86.5 Å². The molecule has 0 spiro atoms. The van der Waals surface area contributed by atoms with Gasteiger partial charge in [0, 0.05) is 16.7 Å². The van der Waals surface area contributed by atoms with E-state index < -0.39 is 0 Å². The third kappa shape index (κ3) is 9.74. The van der Waals surface area contributed by atoms with Crippen molar-refractivity contribution in [2.24, 2.45) is 11.8 Å². The monoisotopic (exact) mass is 619 g/mol. The van der Waals surface area contributed by atoms with Gasteiger partial charge in [0.1, 0.15) is 5.75 Å². The average Bonchev–Trinajstić information content (AvgIpc) is 3.08. The van der Waals surface area contributed by atoms with Crippen molar-refractivity contribution in [2.75, 3.05) is 7.11 Å². The van der Waals surface area contributed by atoms with Gasteiger partial charge in [-0.1, -0.05) is 115 Å². The maximum absolute atomic E-state index is 5.41. The third-order valence-corrected chi connectivity index (χ3v) is 9.82. The summed E-state index contributed by atoms with van der Waals surface area (Å²) in [7, 11) is 1.69. The maximum atomic E-state index is 5.41. The van der Waals surface area contributed by atoms with Crippen LogP contribution in [-0.2, 0) is 12.8 Å². The molecule has 0 aliphatic heterocycles. The lowest BCUT2D eigenvalue weighted by Gasteiger charge is -2.16. The molecular formula is C42H57N3O. The molecule has 4 nitrogen and oxygen atoms in total. The van der Waals surface area contributed by atoms with Crippen LogP contribution in [-0.4, -0.2) is 22.1 Å². The van der Waals surface area contributed by atoms with E-state index in [1.54, 1.807) is 7.11 Å². The fourth-order valence-corrected chi connectivity index (χ4v) is 6.58. The summed E-state index contributed by atoms with van der Waals surface area (Å²) in [5.74, 6) is 4.55. The zero-order chi connectivity index (χ0) is 32.9. The minimum Gasteiger partial charge on any atom is -0.497 e. The number of unbranched alkanes of at least 4 members (excludes halogenated alkanes) is 2. The third-order valence-electron chi connectivity index (χ3n) is 9.82. The van der Waals surface area contributed by atoms with E-state index in [0.717, 1.165) is 58.8 Å². The van der Waals surface area contributed by atoms with Gasteiger partial charge in [-0.25, -0.2) is 15.0 Å². The first-order chi connectivity index (χ1) is 22.4. The van der Waals surface area contributed by atoms with Crippen molar-refractivity contribution in [1.82, 2.24) is 15.0 Å². The molecule has 0 saturated heterocycles. The zero-order valence-electron chi connectivity index (χ0n) is 29.7. The van der Waals surface area contributed by atoms with Crippen molar-refractivity contribution in [3.8, 4) is 39.9 Å². The SMILES string of the molecule is CCCCC(CC)CCc1ccc(-c2nc(-c3ccc(OC)cc3)nc(-c3ccc(CCC(CC)CCCC)cc3C)n2)c(C)c1. The van der Waals surface area contributed by atoms with Gasteiger partial charge >= 0.3 is 0 Å². The molecule has 4 rings (SSSR count). The van der Waals surface area contributed by atoms with E-state index in [2.05, 4.69) is 77.9 Å². The normalized spacial score (nSPS) is 12.7. The highest BCUT2D eigenvalue weighted by molar-refractivity contribution is 5.70. The lowest BCUT2D eigenvalue weighted by molar-refractivity contribution is 0.415. The molecule has 2 unspecified atom stereocenters. The van der Waals surface area contributed by atoms with Crippen LogP contribution in [0.3, 0.4) is 0 Å². The Morgan fingerprint density at radius 2 is 1.02 bits per heavy atom. The number of hydrogen-bond donors (Lipinski definition) is 0. The number of rotatable bonds is 18. The molecule has 1 heterocycles. The molecule has 1 aromatic heterocycles. The van der Waals surface area contributed by atoms with Crippen LogP contribution in [0.25, 0.3) is 34.2 Å². The first-order valence-corrected chi connectivity index (χ1v) is 18.0. The lowest BCUT2D eigenvalue weighted by atomic mass is 9.91. The Bertz CT molecular complexity index is 1420. The largest absolute Gasteiger partial charge is 0.497 e. The molecule has 246 valence electrons. The quantitative estimate of drug-likeness (QED) is 0.111. The van der Waals surface area contributed by atoms with E-state index in [0.29, 0.717) is 5.82 Å². The maximum Gasteiger partial charge on any atom is 0.164 e. The molecule has 3 aromatic carbocycles. The van der Waals surface area contributed by atoms with Crippen molar-refractivity contribution in [3.63, 3.8) is 0 Å². The topological polar surface area (TPSA) is 47.9 Å². The Hall–Kier alpha value is -3.53. The molecule has 4 aromatic rings. The van der Waals surface area contributed by atoms with Gasteiger partial charge in [-0.2, -0.15) is 0 Å². The van der Waals surface area contributed by atoms with Gasteiger partial charge in [-0.05, 0) is 97.9 Å². The van der Waals surface area contributed by atoms with Crippen molar-refractivity contribution in [1.29, 1.82) is 0 Å². The molecule has 0 bridgehead atoms. The predicted octanol–water partition coefficient (Wildman–Crippen LogP) is 11.8. The zero-order valence-corrected chi connectivity index (χ0v) is 29.7. The molecule has 0 aliphatic carbocycles. The molecule has 46 heavy (non-hydrogen) atoms. The fraction of sp³-hybridized carbons (Fsp3) is 0.500. The van der Waals surface area contributed by atoms with Crippen LogP contribution < -0.4 is 4.74 Å². The van der Waals surface area contributed by atoms with Crippen LogP contribution >= 0.6 is 0 Å². The molecule has 2 atom stereocenters. The molecule has 0 amide bonds. The molecule has 0 N–H and O–H groups in total. The summed E-state index contributed by atoms with van der Waals surface area (Å²) in [4.78, 5) is 15.2. The number of aromatic nitrogens is 3. The molecule has 0 saturated carbocycles. The van der Waals surface area contributed by atoms with Crippen LogP contribution in [0.5, 0.6) is 5.75 Å². The Balaban J connectivity index is 1.65.